The molecular formula is C22H29ClN4OS. The number of nitrogens with zero attached hydrogens (tertiary/aromatic N) is 2. The number of thiocarbonyl (C=S) groups is 1. The predicted octanol–water partition coefficient (Wildman–Crippen LogP) is 4.16. The minimum atomic E-state index is 0.655. The predicted molar refractivity (Wildman–Crippen MR) is 127 cm³/mol. The summed E-state index contributed by atoms with van der Waals surface area (Å²) in [6, 6.07) is 14.1. The quantitative estimate of drug-likeness (QED) is 0.640. The summed E-state index contributed by atoms with van der Waals surface area (Å²) in [5.41, 5.74) is 3.30. The molecule has 1 aliphatic heterocycles. The van der Waals surface area contributed by atoms with Crippen LogP contribution in [0.25, 0.3) is 0 Å². The van der Waals surface area contributed by atoms with E-state index in [0.717, 1.165) is 61.4 Å². The highest BCUT2D eigenvalue weighted by Crippen LogP contribution is 2.30. The fraction of sp³-hybridized carbons (Fsp3) is 0.409. The van der Waals surface area contributed by atoms with Crippen molar-refractivity contribution < 1.29 is 4.74 Å². The summed E-state index contributed by atoms with van der Waals surface area (Å²) in [6.45, 7) is 10.4. The third kappa shape index (κ3) is 6.49. The average molecular weight is 433 g/mol. The molecule has 3 rings (SSSR count). The lowest BCUT2D eigenvalue weighted by molar-refractivity contribution is 0.262. The van der Waals surface area contributed by atoms with Gasteiger partial charge in [0, 0.05) is 51.0 Å². The lowest BCUT2D eigenvalue weighted by Crippen LogP contribution is -2.48. The lowest BCUT2D eigenvalue weighted by atomic mass is 10.2. The summed E-state index contributed by atoms with van der Waals surface area (Å²) < 4.78 is 5.62. The van der Waals surface area contributed by atoms with Gasteiger partial charge in [0.2, 0.25) is 0 Å². The minimum absolute atomic E-state index is 0.655. The minimum Gasteiger partial charge on any atom is -0.494 e. The van der Waals surface area contributed by atoms with E-state index in [2.05, 4.69) is 39.5 Å². The van der Waals surface area contributed by atoms with Crippen LogP contribution in [0.5, 0.6) is 5.75 Å². The number of hydrogen-bond acceptors (Lipinski definition) is 4. The monoisotopic (exact) mass is 432 g/mol. The van der Waals surface area contributed by atoms with E-state index in [1.165, 1.54) is 5.56 Å². The lowest BCUT2D eigenvalue weighted by Gasteiger charge is -2.36. The third-order valence-electron chi connectivity index (χ3n) is 4.96. The molecule has 29 heavy (non-hydrogen) atoms. The van der Waals surface area contributed by atoms with Gasteiger partial charge in [-0.3, -0.25) is 4.90 Å². The smallest absolute Gasteiger partial charge is 0.170 e. The number of piperazine rings is 1. The zero-order valence-electron chi connectivity index (χ0n) is 17.1. The number of benzene rings is 2. The van der Waals surface area contributed by atoms with Crippen LogP contribution in [-0.2, 0) is 0 Å². The Labute approximate surface area is 184 Å². The Hall–Kier alpha value is -2.02. The maximum atomic E-state index is 6.42. The Kier molecular flexibility index (Phi) is 7.98. The van der Waals surface area contributed by atoms with E-state index in [1.54, 1.807) is 0 Å². The van der Waals surface area contributed by atoms with Gasteiger partial charge in [-0.1, -0.05) is 29.3 Å². The van der Waals surface area contributed by atoms with Crippen LogP contribution in [0.2, 0.25) is 5.02 Å². The van der Waals surface area contributed by atoms with Crippen molar-refractivity contribution >= 4 is 40.3 Å². The standard InChI is InChI=1S/C22H29ClN4OS/c1-3-28-19-8-9-20(23)21(16-19)27-14-12-26(13-15-27)11-10-24-22(29)25-18-6-4-17(2)5-7-18/h4-9,16H,3,10-15H2,1-2H3,(H2,24,25,29). The van der Waals surface area contributed by atoms with E-state index in [-0.39, 0.29) is 0 Å². The third-order valence-corrected chi connectivity index (χ3v) is 5.53. The second-order valence-electron chi connectivity index (χ2n) is 7.12. The normalized spacial score (nSPS) is 14.5. The summed E-state index contributed by atoms with van der Waals surface area (Å²) >= 11 is 11.8. The number of anilines is 2. The number of halogens is 1. The van der Waals surface area contributed by atoms with Crippen LogP contribution in [0.4, 0.5) is 11.4 Å². The second kappa shape index (κ2) is 10.7. The van der Waals surface area contributed by atoms with Crippen LogP contribution in [-0.4, -0.2) is 55.9 Å². The molecule has 0 amide bonds. The van der Waals surface area contributed by atoms with Crippen molar-refractivity contribution in [2.24, 2.45) is 0 Å². The number of aryl methyl sites for hydroxylation is 1. The number of hydrogen-bond donors (Lipinski definition) is 2. The number of ether oxygens (including phenoxy) is 1. The molecule has 2 aromatic carbocycles. The Bertz CT molecular complexity index is 807. The molecule has 0 aliphatic carbocycles. The molecule has 0 radical (unpaired) electrons. The van der Waals surface area contributed by atoms with Crippen LogP contribution in [0.3, 0.4) is 0 Å². The molecule has 2 N–H and O–H groups in total. The van der Waals surface area contributed by atoms with Gasteiger partial charge in [-0.25, -0.2) is 0 Å². The van der Waals surface area contributed by atoms with Crippen LogP contribution >= 0.6 is 23.8 Å². The van der Waals surface area contributed by atoms with Crippen molar-refractivity contribution in [1.29, 1.82) is 0 Å². The Morgan fingerprint density at radius 2 is 1.83 bits per heavy atom. The van der Waals surface area contributed by atoms with Gasteiger partial charge in [-0.2, -0.15) is 0 Å². The Morgan fingerprint density at radius 1 is 1.10 bits per heavy atom. The average Bonchev–Trinajstić information content (AvgIpc) is 2.72. The van der Waals surface area contributed by atoms with E-state index in [1.807, 2.05) is 37.3 Å². The highest BCUT2D eigenvalue weighted by atomic mass is 35.5. The van der Waals surface area contributed by atoms with E-state index in [0.29, 0.717) is 11.7 Å². The van der Waals surface area contributed by atoms with Gasteiger partial charge < -0.3 is 20.3 Å². The van der Waals surface area contributed by atoms with Crippen LogP contribution < -0.4 is 20.3 Å². The first-order valence-corrected chi connectivity index (χ1v) is 10.8. The fourth-order valence-corrected chi connectivity index (χ4v) is 3.80. The van der Waals surface area contributed by atoms with Gasteiger partial charge in [-0.05, 0) is 50.3 Å². The zero-order chi connectivity index (χ0) is 20.6. The van der Waals surface area contributed by atoms with Crippen molar-refractivity contribution in [2.45, 2.75) is 13.8 Å². The van der Waals surface area contributed by atoms with Crippen molar-refractivity contribution in [3.63, 3.8) is 0 Å². The molecule has 0 spiro atoms. The molecule has 1 aliphatic rings. The van der Waals surface area contributed by atoms with E-state index >= 15 is 0 Å². The van der Waals surface area contributed by atoms with Crippen LogP contribution in [0.1, 0.15) is 12.5 Å². The Morgan fingerprint density at radius 3 is 2.52 bits per heavy atom. The molecule has 156 valence electrons. The summed E-state index contributed by atoms with van der Waals surface area (Å²) in [7, 11) is 0. The molecule has 0 saturated carbocycles. The van der Waals surface area contributed by atoms with Crippen molar-refractivity contribution in [3.05, 3.63) is 53.1 Å². The molecule has 0 aromatic heterocycles. The number of rotatable bonds is 7. The first-order valence-electron chi connectivity index (χ1n) is 10.1. The zero-order valence-corrected chi connectivity index (χ0v) is 18.7. The molecule has 1 heterocycles. The van der Waals surface area contributed by atoms with Gasteiger partial charge >= 0.3 is 0 Å². The summed E-state index contributed by atoms with van der Waals surface area (Å²) in [4.78, 5) is 4.77. The highest BCUT2D eigenvalue weighted by molar-refractivity contribution is 7.80. The SMILES string of the molecule is CCOc1ccc(Cl)c(N2CCN(CCNC(=S)Nc3ccc(C)cc3)CC2)c1. The molecule has 0 atom stereocenters. The molecule has 0 bridgehead atoms. The first kappa shape index (κ1) is 21.7. The van der Waals surface area contributed by atoms with Crippen molar-refractivity contribution in [3.8, 4) is 5.75 Å². The molecular weight excluding hydrogens is 404 g/mol. The van der Waals surface area contributed by atoms with Gasteiger partial charge in [0.15, 0.2) is 5.11 Å². The van der Waals surface area contributed by atoms with Gasteiger partial charge in [0.1, 0.15) is 5.75 Å². The number of nitrogens with one attached hydrogen (secondary N) is 2. The van der Waals surface area contributed by atoms with E-state index in [4.69, 9.17) is 28.6 Å². The molecule has 1 saturated heterocycles. The molecule has 5 nitrogen and oxygen atoms in total. The molecule has 1 fully saturated rings. The van der Waals surface area contributed by atoms with Crippen LogP contribution in [0.15, 0.2) is 42.5 Å². The maximum Gasteiger partial charge on any atom is 0.170 e. The molecule has 2 aromatic rings. The van der Waals surface area contributed by atoms with Crippen molar-refractivity contribution in [1.82, 2.24) is 10.2 Å². The van der Waals surface area contributed by atoms with Gasteiger partial charge in [-0.15, -0.1) is 0 Å². The van der Waals surface area contributed by atoms with Gasteiger partial charge in [0.25, 0.3) is 0 Å². The molecule has 0 unspecified atom stereocenters. The topological polar surface area (TPSA) is 39.8 Å². The van der Waals surface area contributed by atoms with Gasteiger partial charge in [0.05, 0.1) is 17.3 Å². The maximum absolute atomic E-state index is 6.42. The fourth-order valence-electron chi connectivity index (χ4n) is 3.34. The molecule has 7 heteroatoms. The highest BCUT2D eigenvalue weighted by Gasteiger charge is 2.19. The first-order chi connectivity index (χ1) is 14.0. The summed E-state index contributed by atoms with van der Waals surface area (Å²) in [5.74, 6) is 0.869. The van der Waals surface area contributed by atoms with E-state index in [9.17, 15) is 0 Å². The van der Waals surface area contributed by atoms with Crippen molar-refractivity contribution in [2.75, 3.05) is 56.1 Å². The second-order valence-corrected chi connectivity index (χ2v) is 7.94. The summed E-state index contributed by atoms with van der Waals surface area (Å²) in [5, 5.41) is 7.95. The summed E-state index contributed by atoms with van der Waals surface area (Å²) in [6.07, 6.45) is 0. The van der Waals surface area contributed by atoms with Crippen LogP contribution in [0, 0.1) is 6.92 Å². The van der Waals surface area contributed by atoms with E-state index < -0.39 is 0 Å². The largest absolute Gasteiger partial charge is 0.494 e. The Balaban J connectivity index is 1.40.